The number of carbonyl (C=O) groups excluding carboxylic acids is 3. The number of anilines is 2. The Morgan fingerprint density at radius 3 is 2.27 bits per heavy atom. The predicted octanol–water partition coefficient (Wildman–Crippen LogP) is 3.05. The van der Waals surface area contributed by atoms with Gasteiger partial charge in [0.2, 0.25) is 0 Å². The van der Waals surface area contributed by atoms with E-state index in [9.17, 15) is 14.4 Å². The van der Waals surface area contributed by atoms with Crippen molar-refractivity contribution in [2.75, 3.05) is 10.0 Å². The summed E-state index contributed by atoms with van der Waals surface area (Å²) in [5.74, 6) is -0.905. The second kappa shape index (κ2) is 5.42. The highest BCUT2D eigenvalue weighted by Crippen LogP contribution is 2.49. The summed E-state index contributed by atoms with van der Waals surface area (Å²) in [7, 11) is 0. The Bertz CT molecular complexity index is 964. The number of ether oxygens (including phenoxy) is 1. The van der Waals surface area contributed by atoms with Crippen LogP contribution in [0.5, 0.6) is 0 Å². The minimum Gasteiger partial charge on any atom is -0.461 e. The summed E-state index contributed by atoms with van der Waals surface area (Å²) in [6, 6.07) is 13.1. The monoisotopic (exact) mass is 350 g/mol. The van der Waals surface area contributed by atoms with Gasteiger partial charge in [-0.3, -0.25) is 14.4 Å². The zero-order chi connectivity index (χ0) is 18.6. The maximum atomic E-state index is 13.0. The predicted molar refractivity (Wildman–Crippen MR) is 96.1 cm³/mol. The summed E-state index contributed by atoms with van der Waals surface area (Å²) in [5, 5.41) is 2.90. The summed E-state index contributed by atoms with van der Waals surface area (Å²) < 4.78 is 5.07. The number of para-hydroxylation sites is 1. The van der Waals surface area contributed by atoms with Gasteiger partial charge in [0, 0.05) is 18.1 Å². The van der Waals surface area contributed by atoms with Crippen LogP contribution < -0.4 is 10.0 Å². The van der Waals surface area contributed by atoms with E-state index in [0.717, 1.165) is 16.7 Å². The fourth-order valence-corrected chi connectivity index (χ4v) is 3.38. The molecule has 26 heavy (non-hydrogen) atoms. The lowest BCUT2D eigenvalue weighted by Gasteiger charge is -2.35. The Balaban J connectivity index is 1.91. The van der Waals surface area contributed by atoms with E-state index in [1.807, 2.05) is 36.4 Å². The van der Waals surface area contributed by atoms with Crippen molar-refractivity contribution in [3.05, 3.63) is 48.0 Å². The Hall–Kier alpha value is -3.15. The molecule has 0 unspecified atom stereocenters. The van der Waals surface area contributed by atoms with Crippen molar-refractivity contribution >= 4 is 29.2 Å². The highest BCUT2D eigenvalue weighted by atomic mass is 16.5. The van der Waals surface area contributed by atoms with Gasteiger partial charge in [0.15, 0.2) is 0 Å². The number of esters is 1. The van der Waals surface area contributed by atoms with Crippen molar-refractivity contribution in [2.45, 2.75) is 27.4 Å². The third-order valence-corrected chi connectivity index (χ3v) is 4.81. The van der Waals surface area contributed by atoms with Crippen LogP contribution in [0.4, 0.5) is 11.4 Å². The van der Waals surface area contributed by atoms with E-state index in [1.54, 1.807) is 19.9 Å². The molecular formula is C20H18N2O4. The minimum absolute atomic E-state index is 0.115. The zero-order valence-electron chi connectivity index (χ0n) is 14.8. The van der Waals surface area contributed by atoms with Crippen LogP contribution in [0.1, 0.15) is 26.3 Å². The molecule has 0 aliphatic carbocycles. The van der Waals surface area contributed by atoms with Gasteiger partial charge < -0.3 is 4.74 Å². The average Bonchev–Trinajstić information content (AvgIpc) is 2.81. The molecule has 2 amide bonds. The minimum atomic E-state index is -1.14. The fraction of sp³-hybridized carbons (Fsp3) is 0.250. The van der Waals surface area contributed by atoms with Gasteiger partial charge in [-0.15, -0.1) is 0 Å². The van der Waals surface area contributed by atoms with Crippen molar-refractivity contribution in [3.63, 3.8) is 0 Å². The topological polar surface area (TPSA) is 66.9 Å². The first-order chi connectivity index (χ1) is 12.3. The van der Waals surface area contributed by atoms with Crippen LogP contribution in [0.15, 0.2) is 42.5 Å². The molecule has 132 valence electrons. The molecule has 1 saturated heterocycles. The van der Waals surface area contributed by atoms with Gasteiger partial charge in [-0.05, 0) is 31.5 Å². The summed E-state index contributed by atoms with van der Waals surface area (Å²) in [6.45, 7) is 4.74. The number of hydrogen-bond donors (Lipinski definition) is 0. The van der Waals surface area contributed by atoms with Crippen LogP contribution in [-0.2, 0) is 25.7 Å². The summed E-state index contributed by atoms with van der Waals surface area (Å²) in [5.41, 5.74) is 2.68. The smallest absolute Gasteiger partial charge is 0.302 e. The largest absolute Gasteiger partial charge is 0.461 e. The van der Waals surface area contributed by atoms with Crippen LogP contribution in [0, 0.1) is 5.41 Å². The average molecular weight is 350 g/mol. The van der Waals surface area contributed by atoms with Gasteiger partial charge in [-0.1, -0.05) is 30.3 Å². The van der Waals surface area contributed by atoms with E-state index in [0.29, 0.717) is 11.4 Å². The highest BCUT2D eigenvalue weighted by molar-refractivity contribution is 6.28. The zero-order valence-corrected chi connectivity index (χ0v) is 14.8. The molecule has 2 aliphatic heterocycles. The SMILES string of the molecule is CC(=O)OCc1ccc2c(c1)N1C(=O)C(C)(C)C(=O)N1c1ccccc1-2. The Kier molecular flexibility index (Phi) is 3.41. The molecule has 1 fully saturated rings. The number of carbonyl (C=O) groups is 3. The first kappa shape index (κ1) is 16.3. The molecule has 2 heterocycles. The molecule has 6 nitrogen and oxygen atoms in total. The lowest BCUT2D eigenvalue weighted by molar-refractivity contribution is -0.142. The van der Waals surface area contributed by atoms with Crippen LogP contribution in [0.2, 0.25) is 0 Å². The number of fused-ring (bicyclic) bond motifs is 6. The van der Waals surface area contributed by atoms with E-state index in [4.69, 9.17) is 4.74 Å². The summed E-state index contributed by atoms with van der Waals surface area (Å²) in [6.07, 6.45) is 0. The molecule has 2 aromatic carbocycles. The van der Waals surface area contributed by atoms with Gasteiger partial charge in [0.1, 0.15) is 12.0 Å². The number of nitrogens with zero attached hydrogens (tertiary/aromatic N) is 2. The molecule has 0 atom stereocenters. The fourth-order valence-electron chi connectivity index (χ4n) is 3.38. The van der Waals surface area contributed by atoms with Crippen LogP contribution in [0.3, 0.4) is 0 Å². The molecule has 0 aromatic heterocycles. The molecule has 2 aromatic rings. The maximum Gasteiger partial charge on any atom is 0.302 e. The van der Waals surface area contributed by atoms with Crippen LogP contribution >= 0.6 is 0 Å². The van der Waals surface area contributed by atoms with Crippen molar-refractivity contribution in [1.29, 1.82) is 0 Å². The summed E-state index contributed by atoms with van der Waals surface area (Å²) in [4.78, 5) is 37.0. The second-order valence-corrected chi connectivity index (χ2v) is 7.01. The van der Waals surface area contributed by atoms with E-state index in [1.165, 1.54) is 16.9 Å². The first-order valence-corrected chi connectivity index (χ1v) is 8.37. The molecule has 2 aliphatic rings. The normalized spacial score (nSPS) is 16.9. The molecule has 0 spiro atoms. The third-order valence-electron chi connectivity index (χ3n) is 4.81. The van der Waals surface area contributed by atoms with Crippen molar-refractivity contribution < 1.29 is 19.1 Å². The lowest BCUT2D eigenvalue weighted by Crippen LogP contribution is -2.43. The molecule has 4 rings (SSSR count). The quantitative estimate of drug-likeness (QED) is 0.617. The van der Waals surface area contributed by atoms with Gasteiger partial charge >= 0.3 is 5.97 Å². The van der Waals surface area contributed by atoms with Crippen LogP contribution in [0.25, 0.3) is 11.1 Å². The van der Waals surface area contributed by atoms with Gasteiger partial charge in [0.05, 0.1) is 11.4 Å². The molecule has 6 heteroatoms. The van der Waals surface area contributed by atoms with Crippen molar-refractivity contribution in [3.8, 4) is 11.1 Å². The first-order valence-electron chi connectivity index (χ1n) is 8.37. The second-order valence-electron chi connectivity index (χ2n) is 7.01. The molecular weight excluding hydrogens is 332 g/mol. The number of hydrazine groups is 1. The van der Waals surface area contributed by atoms with Crippen molar-refractivity contribution in [2.24, 2.45) is 5.41 Å². The van der Waals surface area contributed by atoms with Crippen molar-refractivity contribution in [1.82, 2.24) is 0 Å². The standard InChI is InChI=1S/C20H18N2O4/c1-12(23)26-11-13-8-9-15-14-6-4-5-7-16(14)21-18(24)20(2,3)19(25)22(21)17(15)10-13/h4-10H,11H2,1-3H3. The van der Waals surface area contributed by atoms with E-state index >= 15 is 0 Å². The Labute approximate surface area is 150 Å². The Morgan fingerprint density at radius 1 is 0.962 bits per heavy atom. The van der Waals surface area contributed by atoms with E-state index in [-0.39, 0.29) is 24.4 Å². The maximum absolute atomic E-state index is 13.0. The van der Waals surface area contributed by atoms with Gasteiger partial charge in [-0.2, -0.15) is 0 Å². The van der Waals surface area contributed by atoms with E-state index in [2.05, 4.69) is 0 Å². The molecule has 0 radical (unpaired) electrons. The highest BCUT2D eigenvalue weighted by Gasteiger charge is 2.55. The lowest BCUT2D eigenvalue weighted by atomic mass is 9.93. The number of hydrogen-bond acceptors (Lipinski definition) is 4. The molecule has 0 saturated carbocycles. The number of rotatable bonds is 2. The number of amides is 2. The molecule has 0 bridgehead atoms. The van der Waals surface area contributed by atoms with Gasteiger partial charge in [-0.25, -0.2) is 10.0 Å². The summed E-state index contributed by atoms with van der Waals surface area (Å²) >= 11 is 0. The number of benzene rings is 2. The molecule has 0 N–H and O–H groups in total. The van der Waals surface area contributed by atoms with E-state index < -0.39 is 5.41 Å². The Morgan fingerprint density at radius 2 is 1.58 bits per heavy atom. The van der Waals surface area contributed by atoms with Crippen LogP contribution in [-0.4, -0.2) is 17.8 Å². The van der Waals surface area contributed by atoms with Gasteiger partial charge in [0.25, 0.3) is 11.8 Å². The third kappa shape index (κ3) is 2.15.